The van der Waals surface area contributed by atoms with Gasteiger partial charge in [0.1, 0.15) is 5.82 Å². The fourth-order valence-electron chi connectivity index (χ4n) is 1.12. The van der Waals surface area contributed by atoms with Crippen molar-refractivity contribution in [1.29, 1.82) is 0 Å². The van der Waals surface area contributed by atoms with Gasteiger partial charge in [-0.25, -0.2) is 4.39 Å². The van der Waals surface area contributed by atoms with E-state index in [4.69, 9.17) is 5.11 Å². The van der Waals surface area contributed by atoms with Crippen LogP contribution in [0.15, 0.2) is 18.3 Å². The van der Waals surface area contributed by atoms with Crippen LogP contribution in [-0.4, -0.2) is 16.1 Å². The van der Waals surface area contributed by atoms with Gasteiger partial charge in [0.2, 0.25) is 0 Å². The van der Waals surface area contributed by atoms with Crippen LogP contribution in [0.4, 0.5) is 4.39 Å². The Morgan fingerprint density at radius 3 is 2.92 bits per heavy atom. The van der Waals surface area contributed by atoms with Gasteiger partial charge in [0, 0.05) is 6.20 Å². The minimum absolute atomic E-state index is 0.273. The molecule has 0 aliphatic heterocycles. The standard InChI is InChI=1S/C9H10FNO2/c1-2-7(9(12)13)8-5-6(10)3-4-11-8/h3-5,7H,2H2,1H3,(H,12,13). The third-order valence-corrected chi connectivity index (χ3v) is 1.81. The summed E-state index contributed by atoms with van der Waals surface area (Å²) in [6, 6.07) is 2.35. The molecular formula is C9H10FNO2. The Bertz CT molecular complexity index is 314. The summed E-state index contributed by atoms with van der Waals surface area (Å²) in [5.74, 6) is -2.14. The summed E-state index contributed by atoms with van der Waals surface area (Å²) in [4.78, 5) is 14.5. The third kappa shape index (κ3) is 2.24. The molecule has 1 aromatic heterocycles. The van der Waals surface area contributed by atoms with Crippen LogP contribution in [-0.2, 0) is 4.79 Å². The van der Waals surface area contributed by atoms with Crippen molar-refractivity contribution in [3.05, 3.63) is 29.8 Å². The molecule has 1 aromatic rings. The monoisotopic (exact) mass is 183 g/mol. The van der Waals surface area contributed by atoms with Crippen LogP contribution in [0.25, 0.3) is 0 Å². The Kier molecular flexibility index (Phi) is 2.95. The molecule has 0 amide bonds. The van der Waals surface area contributed by atoms with E-state index >= 15 is 0 Å². The van der Waals surface area contributed by atoms with Crippen LogP contribution < -0.4 is 0 Å². The molecule has 0 saturated carbocycles. The van der Waals surface area contributed by atoms with Crippen LogP contribution in [0.5, 0.6) is 0 Å². The number of nitrogens with zero attached hydrogens (tertiary/aromatic N) is 1. The van der Waals surface area contributed by atoms with Crippen molar-refractivity contribution in [2.24, 2.45) is 0 Å². The van der Waals surface area contributed by atoms with Gasteiger partial charge in [-0.15, -0.1) is 0 Å². The van der Waals surface area contributed by atoms with E-state index < -0.39 is 17.7 Å². The second-order valence-corrected chi connectivity index (χ2v) is 2.70. The molecule has 0 spiro atoms. The molecule has 1 rings (SSSR count). The summed E-state index contributed by atoms with van der Waals surface area (Å²) < 4.78 is 12.7. The number of aliphatic carboxylic acids is 1. The Morgan fingerprint density at radius 1 is 1.77 bits per heavy atom. The molecule has 0 aromatic carbocycles. The molecule has 0 aliphatic rings. The number of halogens is 1. The molecule has 70 valence electrons. The van der Waals surface area contributed by atoms with Crippen LogP contribution in [0.1, 0.15) is 25.0 Å². The molecule has 0 aliphatic carbocycles. The van der Waals surface area contributed by atoms with E-state index in [1.165, 1.54) is 12.3 Å². The van der Waals surface area contributed by atoms with Gasteiger partial charge in [-0.2, -0.15) is 0 Å². The molecular weight excluding hydrogens is 173 g/mol. The van der Waals surface area contributed by atoms with Crippen molar-refractivity contribution in [3.8, 4) is 0 Å². The van der Waals surface area contributed by atoms with Gasteiger partial charge in [0.15, 0.2) is 0 Å². The molecule has 4 heteroatoms. The van der Waals surface area contributed by atoms with E-state index in [-0.39, 0.29) is 5.69 Å². The highest BCUT2D eigenvalue weighted by Gasteiger charge is 2.18. The lowest BCUT2D eigenvalue weighted by Crippen LogP contribution is -2.12. The number of hydrogen-bond donors (Lipinski definition) is 1. The second kappa shape index (κ2) is 3.98. The highest BCUT2D eigenvalue weighted by Crippen LogP contribution is 2.17. The molecule has 1 heterocycles. The Morgan fingerprint density at radius 2 is 2.46 bits per heavy atom. The predicted octanol–water partition coefficient (Wildman–Crippen LogP) is 1.80. The smallest absolute Gasteiger partial charge is 0.312 e. The number of hydrogen-bond acceptors (Lipinski definition) is 2. The zero-order chi connectivity index (χ0) is 9.84. The normalized spacial score (nSPS) is 12.5. The number of pyridine rings is 1. The summed E-state index contributed by atoms with van der Waals surface area (Å²) in [6.07, 6.45) is 1.68. The van der Waals surface area contributed by atoms with E-state index in [1.54, 1.807) is 6.92 Å². The fourth-order valence-corrected chi connectivity index (χ4v) is 1.12. The summed E-state index contributed by atoms with van der Waals surface area (Å²) >= 11 is 0. The first kappa shape index (κ1) is 9.64. The minimum atomic E-state index is -0.972. The predicted molar refractivity (Wildman–Crippen MR) is 44.9 cm³/mol. The van der Waals surface area contributed by atoms with Crippen LogP contribution in [0.3, 0.4) is 0 Å². The van der Waals surface area contributed by atoms with Crippen molar-refractivity contribution in [3.63, 3.8) is 0 Å². The van der Waals surface area contributed by atoms with Crippen LogP contribution in [0, 0.1) is 5.82 Å². The highest BCUT2D eigenvalue weighted by molar-refractivity contribution is 5.75. The molecule has 1 N–H and O–H groups in total. The number of carbonyl (C=O) groups is 1. The maximum Gasteiger partial charge on any atom is 0.312 e. The maximum atomic E-state index is 12.7. The molecule has 13 heavy (non-hydrogen) atoms. The van der Waals surface area contributed by atoms with E-state index in [2.05, 4.69) is 4.98 Å². The first-order valence-corrected chi connectivity index (χ1v) is 3.99. The summed E-state index contributed by atoms with van der Waals surface area (Å²) in [7, 11) is 0. The van der Waals surface area contributed by atoms with Crippen molar-refractivity contribution in [2.75, 3.05) is 0 Å². The van der Waals surface area contributed by atoms with Gasteiger partial charge < -0.3 is 5.11 Å². The largest absolute Gasteiger partial charge is 0.481 e. The van der Waals surface area contributed by atoms with E-state index in [0.717, 1.165) is 6.07 Å². The number of carboxylic acid groups (broad SMARTS) is 1. The van der Waals surface area contributed by atoms with Crippen molar-refractivity contribution < 1.29 is 14.3 Å². The molecule has 0 saturated heterocycles. The second-order valence-electron chi connectivity index (χ2n) is 2.70. The Hall–Kier alpha value is -1.45. The molecule has 0 fully saturated rings. The van der Waals surface area contributed by atoms with Crippen molar-refractivity contribution in [1.82, 2.24) is 4.98 Å². The lowest BCUT2D eigenvalue weighted by Gasteiger charge is -2.07. The quantitative estimate of drug-likeness (QED) is 0.777. The van der Waals surface area contributed by atoms with Crippen molar-refractivity contribution >= 4 is 5.97 Å². The lowest BCUT2D eigenvalue weighted by molar-refractivity contribution is -0.138. The molecule has 0 radical (unpaired) electrons. The maximum absolute atomic E-state index is 12.7. The van der Waals surface area contributed by atoms with Gasteiger partial charge in [0.05, 0.1) is 11.6 Å². The van der Waals surface area contributed by atoms with Gasteiger partial charge >= 0.3 is 5.97 Å². The Balaban J connectivity index is 2.98. The third-order valence-electron chi connectivity index (χ3n) is 1.81. The molecule has 1 atom stereocenters. The number of carboxylic acids is 1. The summed E-state index contributed by atoms with van der Waals surface area (Å²) in [6.45, 7) is 1.73. The van der Waals surface area contributed by atoms with Crippen LogP contribution >= 0.6 is 0 Å². The first-order valence-electron chi connectivity index (χ1n) is 3.99. The fraction of sp³-hybridized carbons (Fsp3) is 0.333. The van der Waals surface area contributed by atoms with Gasteiger partial charge in [-0.05, 0) is 18.6 Å². The van der Waals surface area contributed by atoms with E-state index in [9.17, 15) is 9.18 Å². The molecule has 0 bridgehead atoms. The van der Waals surface area contributed by atoms with E-state index in [1.807, 2.05) is 0 Å². The minimum Gasteiger partial charge on any atom is -0.481 e. The van der Waals surface area contributed by atoms with Gasteiger partial charge in [-0.1, -0.05) is 6.92 Å². The zero-order valence-corrected chi connectivity index (χ0v) is 7.20. The van der Waals surface area contributed by atoms with Crippen LogP contribution in [0.2, 0.25) is 0 Å². The van der Waals surface area contributed by atoms with Gasteiger partial charge in [0.25, 0.3) is 0 Å². The molecule has 1 unspecified atom stereocenters. The molecule has 3 nitrogen and oxygen atoms in total. The van der Waals surface area contributed by atoms with Gasteiger partial charge in [-0.3, -0.25) is 9.78 Å². The first-order chi connectivity index (χ1) is 6.15. The number of aromatic nitrogens is 1. The summed E-state index contributed by atoms with van der Waals surface area (Å²) in [5.41, 5.74) is 0.273. The average Bonchev–Trinajstić information content (AvgIpc) is 2.04. The van der Waals surface area contributed by atoms with E-state index in [0.29, 0.717) is 6.42 Å². The highest BCUT2D eigenvalue weighted by atomic mass is 19.1. The zero-order valence-electron chi connectivity index (χ0n) is 7.20. The SMILES string of the molecule is CCC(C(=O)O)c1cc(F)ccn1. The topological polar surface area (TPSA) is 50.2 Å². The Labute approximate surface area is 75.2 Å². The van der Waals surface area contributed by atoms with Crippen molar-refractivity contribution in [2.45, 2.75) is 19.3 Å². The lowest BCUT2D eigenvalue weighted by atomic mass is 10.0. The summed E-state index contributed by atoms with van der Waals surface area (Å²) in [5, 5.41) is 8.76. The number of rotatable bonds is 3. The average molecular weight is 183 g/mol.